The smallest absolute Gasteiger partial charge is 0.241 e. The molecule has 162 valence electrons. The van der Waals surface area contributed by atoms with Crippen molar-refractivity contribution in [1.82, 2.24) is 9.80 Å². The highest BCUT2D eigenvalue weighted by molar-refractivity contribution is 7.17. The molecular formula is C24H28N4O2S. The van der Waals surface area contributed by atoms with E-state index >= 15 is 0 Å². The summed E-state index contributed by atoms with van der Waals surface area (Å²) in [7, 11) is 0. The minimum absolute atomic E-state index is 0.00967. The van der Waals surface area contributed by atoms with Crippen LogP contribution in [0.5, 0.6) is 0 Å². The van der Waals surface area contributed by atoms with Crippen LogP contribution in [-0.4, -0.2) is 53.8 Å². The number of hydrogen-bond acceptors (Lipinski definition) is 5. The van der Waals surface area contributed by atoms with E-state index in [1.54, 1.807) is 35.6 Å². The molecule has 1 aliphatic heterocycles. The van der Waals surface area contributed by atoms with Crippen LogP contribution in [0.1, 0.15) is 19.4 Å². The van der Waals surface area contributed by atoms with Gasteiger partial charge in [0.25, 0.3) is 0 Å². The molecule has 1 aromatic heterocycles. The fourth-order valence-corrected chi connectivity index (χ4v) is 4.91. The van der Waals surface area contributed by atoms with E-state index in [-0.39, 0.29) is 17.9 Å². The molecule has 1 aliphatic rings. The van der Waals surface area contributed by atoms with Gasteiger partial charge in [-0.15, -0.1) is 11.3 Å². The Kier molecular flexibility index (Phi) is 6.65. The van der Waals surface area contributed by atoms with Crippen LogP contribution < -0.4 is 10.6 Å². The maximum absolute atomic E-state index is 12.7. The monoisotopic (exact) mass is 436 g/mol. The summed E-state index contributed by atoms with van der Waals surface area (Å²) in [6, 6.07) is 15.6. The number of carbonyl (C=O) groups is 2. The molecule has 2 amide bonds. The highest BCUT2D eigenvalue weighted by atomic mass is 32.1. The Hall–Kier alpha value is -2.74. The van der Waals surface area contributed by atoms with E-state index in [9.17, 15) is 9.59 Å². The van der Waals surface area contributed by atoms with Crippen LogP contribution in [0.15, 0.2) is 53.9 Å². The van der Waals surface area contributed by atoms with Gasteiger partial charge in [0.1, 0.15) is 0 Å². The van der Waals surface area contributed by atoms with Crippen LogP contribution in [0.25, 0.3) is 10.1 Å². The number of nitrogens with one attached hydrogen (secondary N) is 2. The van der Waals surface area contributed by atoms with E-state index in [2.05, 4.69) is 50.1 Å². The number of carbonyl (C=O) groups excluding carboxylic acids is 2. The molecule has 6 nitrogen and oxygen atoms in total. The second kappa shape index (κ2) is 9.60. The highest BCUT2D eigenvalue weighted by Crippen LogP contribution is 2.27. The summed E-state index contributed by atoms with van der Waals surface area (Å²) in [5.41, 5.74) is 2.84. The quantitative estimate of drug-likeness (QED) is 0.613. The van der Waals surface area contributed by atoms with Crippen LogP contribution in [0.4, 0.5) is 11.4 Å². The summed E-state index contributed by atoms with van der Waals surface area (Å²) in [5, 5.41) is 9.33. The van der Waals surface area contributed by atoms with Crippen LogP contribution in [0, 0.1) is 0 Å². The Morgan fingerprint density at radius 2 is 1.61 bits per heavy atom. The minimum Gasteiger partial charge on any atom is -0.326 e. The van der Waals surface area contributed by atoms with Crippen molar-refractivity contribution in [3.8, 4) is 0 Å². The number of amides is 2. The van der Waals surface area contributed by atoms with Gasteiger partial charge in [-0.3, -0.25) is 19.4 Å². The maximum Gasteiger partial charge on any atom is 0.241 e. The molecule has 31 heavy (non-hydrogen) atoms. The predicted molar refractivity (Wildman–Crippen MR) is 128 cm³/mol. The summed E-state index contributed by atoms with van der Waals surface area (Å²) < 4.78 is 1.34. The fourth-order valence-electron chi connectivity index (χ4n) is 3.96. The first kappa shape index (κ1) is 21.5. The van der Waals surface area contributed by atoms with Gasteiger partial charge in [-0.2, -0.15) is 0 Å². The van der Waals surface area contributed by atoms with Gasteiger partial charge in [-0.25, -0.2) is 0 Å². The molecular weight excluding hydrogens is 408 g/mol. The molecule has 4 rings (SSSR count). The number of thiophene rings is 1. The number of fused-ring (bicyclic) bond motifs is 1. The van der Waals surface area contributed by atoms with E-state index in [0.29, 0.717) is 5.69 Å². The number of hydrogen-bond donors (Lipinski definition) is 2. The first-order valence-electron chi connectivity index (χ1n) is 10.6. The van der Waals surface area contributed by atoms with E-state index in [1.807, 2.05) is 6.92 Å². The van der Waals surface area contributed by atoms with Gasteiger partial charge in [-0.05, 0) is 53.6 Å². The van der Waals surface area contributed by atoms with Crippen molar-refractivity contribution >= 4 is 44.6 Å². The standard InChI is InChI=1S/C24H28N4O2S/c1-17(24(30)26-21-9-7-20(8-10-21)25-18(2)29)28-13-11-27(12-14-28)15-19-16-31-23-6-4-3-5-22(19)23/h3-10,16-17H,11-15H2,1-2H3,(H,25,29)(H,26,30). The maximum atomic E-state index is 12.7. The molecule has 0 spiro atoms. The Bertz CT molecular complexity index is 1050. The predicted octanol–water partition coefficient (Wildman–Crippen LogP) is 4.00. The second-order valence-electron chi connectivity index (χ2n) is 7.99. The van der Waals surface area contributed by atoms with Crippen molar-refractivity contribution in [2.45, 2.75) is 26.4 Å². The van der Waals surface area contributed by atoms with E-state index in [0.717, 1.165) is 38.4 Å². The van der Waals surface area contributed by atoms with Crippen molar-refractivity contribution < 1.29 is 9.59 Å². The van der Waals surface area contributed by atoms with Gasteiger partial charge >= 0.3 is 0 Å². The minimum atomic E-state index is -0.195. The summed E-state index contributed by atoms with van der Waals surface area (Å²) in [5.74, 6) is -0.124. The van der Waals surface area contributed by atoms with Crippen LogP contribution >= 0.6 is 11.3 Å². The third kappa shape index (κ3) is 5.31. The Morgan fingerprint density at radius 3 is 2.29 bits per heavy atom. The number of piperazine rings is 1. The average Bonchev–Trinajstić information content (AvgIpc) is 3.17. The number of rotatable bonds is 6. The topological polar surface area (TPSA) is 64.7 Å². The molecule has 1 unspecified atom stereocenters. The van der Waals surface area contributed by atoms with Crippen molar-refractivity contribution in [2.75, 3.05) is 36.8 Å². The lowest BCUT2D eigenvalue weighted by Crippen LogP contribution is -2.52. The van der Waals surface area contributed by atoms with Gasteiger partial charge in [0.2, 0.25) is 11.8 Å². The lowest BCUT2D eigenvalue weighted by Gasteiger charge is -2.37. The lowest BCUT2D eigenvalue weighted by atomic mass is 10.1. The zero-order valence-electron chi connectivity index (χ0n) is 17.9. The molecule has 0 saturated carbocycles. The van der Waals surface area contributed by atoms with Crippen molar-refractivity contribution in [2.24, 2.45) is 0 Å². The van der Waals surface area contributed by atoms with Crippen LogP contribution in [0.2, 0.25) is 0 Å². The fraction of sp³-hybridized carbons (Fsp3) is 0.333. The van der Waals surface area contributed by atoms with Gasteiger partial charge < -0.3 is 10.6 Å². The average molecular weight is 437 g/mol. The first-order chi connectivity index (χ1) is 15.0. The van der Waals surface area contributed by atoms with Gasteiger partial charge in [0, 0.05) is 55.7 Å². The Labute approximate surface area is 186 Å². The summed E-state index contributed by atoms with van der Waals surface area (Å²) in [6.07, 6.45) is 0. The Morgan fingerprint density at radius 1 is 0.968 bits per heavy atom. The van der Waals surface area contributed by atoms with Gasteiger partial charge in [-0.1, -0.05) is 18.2 Å². The molecule has 0 radical (unpaired) electrons. The largest absolute Gasteiger partial charge is 0.326 e. The van der Waals surface area contributed by atoms with Gasteiger partial charge in [0.05, 0.1) is 6.04 Å². The van der Waals surface area contributed by atoms with Crippen LogP contribution in [-0.2, 0) is 16.1 Å². The van der Waals surface area contributed by atoms with Gasteiger partial charge in [0.15, 0.2) is 0 Å². The molecule has 2 N–H and O–H groups in total. The normalized spacial score (nSPS) is 16.2. The molecule has 2 aromatic carbocycles. The molecule has 2 heterocycles. The first-order valence-corrected chi connectivity index (χ1v) is 11.5. The summed E-state index contributed by atoms with van der Waals surface area (Å²) in [4.78, 5) is 28.6. The third-order valence-corrected chi connectivity index (χ3v) is 6.77. The molecule has 1 fully saturated rings. The molecule has 1 saturated heterocycles. The van der Waals surface area contributed by atoms with E-state index in [4.69, 9.17) is 0 Å². The zero-order chi connectivity index (χ0) is 21.8. The summed E-state index contributed by atoms with van der Waals surface area (Å²) in [6.45, 7) is 8.04. The second-order valence-corrected chi connectivity index (χ2v) is 8.90. The molecule has 7 heteroatoms. The molecule has 1 atom stereocenters. The van der Waals surface area contributed by atoms with Crippen molar-refractivity contribution in [3.05, 3.63) is 59.5 Å². The number of anilines is 2. The molecule has 0 aliphatic carbocycles. The molecule has 3 aromatic rings. The SMILES string of the molecule is CC(=O)Nc1ccc(NC(=O)C(C)N2CCN(Cc3csc4ccccc34)CC2)cc1. The van der Waals surface area contributed by atoms with E-state index in [1.165, 1.54) is 22.6 Å². The zero-order valence-corrected chi connectivity index (χ0v) is 18.7. The molecule has 0 bridgehead atoms. The number of benzene rings is 2. The highest BCUT2D eigenvalue weighted by Gasteiger charge is 2.26. The lowest BCUT2D eigenvalue weighted by molar-refractivity contribution is -0.121. The van der Waals surface area contributed by atoms with Crippen molar-refractivity contribution in [3.63, 3.8) is 0 Å². The summed E-state index contributed by atoms with van der Waals surface area (Å²) >= 11 is 1.81. The van der Waals surface area contributed by atoms with Crippen LogP contribution in [0.3, 0.4) is 0 Å². The number of nitrogens with zero attached hydrogens (tertiary/aromatic N) is 2. The third-order valence-electron chi connectivity index (χ3n) is 5.76. The Balaban J connectivity index is 1.28. The van der Waals surface area contributed by atoms with Crippen molar-refractivity contribution in [1.29, 1.82) is 0 Å². The van der Waals surface area contributed by atoms with E-state index < -0.39 is 0 Å².